The van der Waals surface area contributed by atoms with Crippen molar-refractivity contribution in [1.82, 2.24) is 0 Å². The molecule has 0 bridgehead atoms. The Morgan fingerprint density at radius 3 is 2.04 bits per heavy atom. The number of aliphatic imine (C=N–C) groups is 1. The summed E-state index contributed by atoms with van der Waals surface area (Å²) in [6.07, 6.45) is -0.569. The van der Waals surface area contributed by atoms with E-state index in [1.165, 1.54) is 6.07 Å². The lowest BCUT2D eigenvalue weighted by molar-refractivity contribution is -0.0442. The first-order chi connectivity index (χ1) is 13.6. The van der Waals surface area contributed by atoms with E-state index in [-0.39, 0.29) is 5.82 Å². The van der Waals surface area contributed by atoms with E-state index in [2.05, 4.69) is 15.9 Å². The molecule has 3 aromatic carbocycles. The van der Waals surface area contributed by atoms with Crippen molar-refractivity contribution < 1.29 is 13.9 Å². The van der Waals surface area contributed by atoms with Crippen molar-refractivity contribution in [3.05, 3.63) is 99.3 Å². The van der Waals surface area contributed by atoms with Crippen LogP contribution in [0.4, 0.5) is 10.1 Å². The summed E-state index contributed by atoms with van der Waals surface area (Å²) in [4.78, 5) is 4.89. The van der Waals surface area contributed by atoms with Crippen LogP contribution in [0.3, 0.4) is 0 Å². The maximum Gasteiger partial charge on any atom is 0.187 e. The highest BCUT2D eigenvalue weighted by molar-refractivity contribution is 9.10. The highest BCUT2D eigenvalue weighted by Crippen LogP contribution is 2.40. The van der Waals surface area contributed by atoms with Gasteiger partial charge in [0.05, 0.1) is 24.6 Å². The minimum Gasteiger partial charge on any atom is -0.346 e. The molecule has 1 fully saturated rings. The summed E-state index contributed by atoms with van der Waals surface area (Å²) < 4.78 is 26.6. The van der Waals surface area contributed by atoms with Gasteiger partial charge in [0.15, 0.2) is 6.29 Å². The zero-order valence-electron chi connectivity index (χ0n) is 15.4. The average molecular weight is 440 g/mol. The molecule has 3 aromatic rings. The van der Waals surface area contributed by atoms with Crippen LogP contribution in [0.1, 0.15) is 28.5 Å². The minimum atomic E-state index is -0.569. The number of hydrogen-bond donors (Lipinski definition) is 0. The molecular formula is C23H19BrFNO2. The molecule has 0 atom stereocenters. The van der Waals surface area contributed by atoms with Gasteiger partial charge in [-0.15, -0.1) is 0 Å². The average Bonchev–Trinajstić information content (AvgIpc) is 3.26. The molecule has 0 radical (unpaired) electrons. The van der Waals surface area contributed by atoms with Crippen LogP contribution in [0.5, 0.6) is 0 Å². The molecule has 1 heterocycles. The molecule has 0 amide bonds. The Hall–Kier alpha value is -2.34. The zero-order chi connectivity index (χ0) is 19.5. The van der Waals surface area contributed by atoms with Crippen molar-refractivity contribution in [2.45, 2.75) is 13.2 Å². The van der Waals surface area contributed by atoms with Gasteiger partial charge >= 0.3 is 0 Å². The topological polar surface area (TPSA) is 30.8 Å². The second-order valence-corrected chi connectivity index (χ2v) is 7.29. The Labute approximate surface area is 172 Å². The first-order valence-electron chi connectivity index (χ1n) is 9.06. The summed E-state index contributed by atoms with van der Waals surface area (Å²) in [5.41, 5.74) is 4.37. The van der Waals surface area contributed by atoms with Gasteiger partial charge in [-0.3, -0.25) is 0 Å². The van der Waals surface area contributed by atoms with Gasteiger partial charge in [-0.05, 0) is 28.4 Å². The Morgan fingerprint density at radius 2 is 1.50 bits per heavy atom. The minimum absolute atomic E-state index is 0.326. The standard InChI is InChI=1S/C23H19BrFNO2/c1-15-18(25)14-19(20(21(15)24)23-27-12-13-28-23)26-22(16-8-4-2-5-9-16)17-10-6-3-7-11-17/h2-11,14,23H,12-13H2,1H3. The SMILES string of the molecule is Cc1c(F)cc(N=C(c2ccccc2)c2ccccc2)c(C2OCCO2)c1Br. The van der Waals surface area contributed by atoms with Crippen LogP contribution in [0.15, 0.2) is 76.2 Å². The number of halogens is 2. The monoisotopic (exact) mass is 439 g/mol. The molecule has 5 heteroatoms. The number of benzene rings is 3. The van der Waals surface area contributed by atoms with Crippen molar-refractivity contribution in [2.75, 3.05) is 13.2 Å². The smallest absolute Gasteiger partial charge is 0.187 e. The van der Waals surface area contributed by atoms with E-state index in [0.717, 1.165) is 16.8 Å². The van der Waals surface area contributed by atoms with E-state index in [1.807, 2.05) is 60.7 Å². The molecule has 0 saturated carbocycles. The van der Waals surface area contributed by atoms with E-state index in [4.69, 9.17) is 14.5 Å². The predicted octanol–water partition coefficient (Wildman–Crippen LogP) is 6.11. The molecule has 28 heavy (non-hydrogen) atoms. The third-order valence-electron chi connectivity index (χ3n) is 4.65. The molecule has 4 rings (SSSR count). The van der Waals surface area contributed by atoms with Crippen LogP contribution < -0.4 is 0 Å². The Balaban J connectivity index is 1.94. The van der Waals surface area contributed by atoms with Crippen molar-refractivity contribution in [3.8, 4) is 0 Å². The molecular weight excluding hydrogens is 421 g/mol. The molecule has 0 aromatic heterocycles. The second kappa shape index (κ2) is 8.35. The van der Waals surface area contributed by atoms with Crippen molar-refractivity contribution in [2.24, 2.45) is 4.99 Å². The van der Waals surface area contributed by atoms with Crippen LogP contribution >= 0.6 is 15.9 Å². The summed E-state index contributed by atoms with van der Waals surface area (Å²) in [5.74, 6) is -0.326. The molecule has 1 saturated heterocycles. The van der Waals surface area contributed by atoms with Gasteiger partial charge in [0.1, 0.15) is 5.82 Å². The predicted molar refractivity (Wildman–Crippen MR) is 112 cm³/mol. The summed E-state index contributed by atoms with van der Waals surface area (Å²) in [7, 11) is 0. The van der Waals surface area contributed by atoms with Crippen molar-refractivity contribution in [3.63, 3.8) is 0 Å². The summed E-state index contributed by atoms with van der Waals surface area (Å²) in [6, 6.07) is 21.2. The van der Waals surface area contributed by atoms with Crippen LogP contribution in [-0.2, 0) is 9.47 Å². The van der Waals surface area contributed by atoms with Gasteiger partial charge < -0.3 is 9.47 Å². The fourth-order valence-corrected chi connectivity index (χ4v) is 3.75. The fourth-order valence-electron chi connectivity index (χ4n) is 3.18. The lowest BCUT2D eigenvalue weighted by Crippen LogP contribution is -2.06. The molecule has 142 valence electrons. The van der Waals surface area contributed by atoms with Crippen LogP contribution in [0, 0.1) is 12.7 Å². The first kappa shape index (κ1) is 19.0. The van der Waals surface area contributed by atoms with Crippen LogP contribution in [0.2, 0.25) is 0 Å². The Bertz CT molecular complexity index is 959. The molecule has 0 aliphatic carbocycles. The third kappa shape index (κ3) is 3.78. The van der Waals surface area contributed by atoms with Gasteiger partial charge in [0, 0.05) is 27.2 Å². The second-order valence-electron chi connectivity index (χ2n) is 6.50. The lowest BCUT2D eigenvalue weighted by Gasteiger charge is -2.18. The van der Waals surface area contributed by atoms with Gasteiger partial charge in [-0.1, -0.05) is 60.7 Å². The van der Waals surface area contributed by atoms with Crippen LogP contribution in [-0.4, -0.2) is 18.9 Å². The molecule has 3 nitrogen and oxygen atoms in total. The molecule has 0 unspecified atom stereocenters. The molecule has 0 N–H and O–H groups in total. The Kier molecular flexibility index (Phi) is 5.67. The van der Waals surface area contributed by atoms with Gasteiger partial charge in [-0.25, -0.2) is 9.38 Å². The van der Waals surface area contributed by atoms with E-state index in [1.54, 1.807) is 6.92 Å². The van der Waals surface area contributed by atoms with E-state index in [9.17, 15) is 4.39 Å². The number of ether oxygens (including phenoxy) is 2. The molecule has 0 spiro atoms. The zero-order valence-corrected chi connectivity index (χ0v) is 16.9. The number of rotatable bonds is 4. The normalized spacial score (nSPS) is 14.2. The largest absolute Gasteiger partial charge is 0.346 e. The fraction of sp³-hybridized carbons (Fsp3) is 0.174. The number of nitrogens with zero attached hydrogens (tertiary/aromatic N) is 1. The van der Waals surface area contributed by atoms with Crippen LogP contribution in [0.25, 0.3) is 0 Å². The highest BCUT2D eigenvalue weighted by atomic mass is 79.9. The third-order valence-corrected chi connectivity index (χ3v) is 5.67. The summed E-state index contributed by atoms with van der Waals surface area (Å²) in [6.45, 7) is 2.72. The lowest BCUT2D eigenvalue weighted by atomic mass is 10.0. The summed E-state index contributed by atoms with van der Waals surface area (Å²) in [5, 5.41) is 0. The van der Waals surface area contributed by atoms with Gasteiger partial charge in [0.25, 0.3) is 0 Å². The first-order valence-corrected chi connectivity index (χ1v) is 9.85. The van der Waals surface area contributed by atoms with Gasteiger partial charge in [0.2, 0.25) is 0 Å². The van der Waals surface area contributed by atoms with Gasteiger partial charge in [-0.2, -0.15) is 0 Å². The van der Waals surface area contributed by atoms with E-state index >= 15 is 0 Å². The highest BCUT2D eigenvalue weighted by Gasteiger charge is 2.27. The van der Waals surface area contributed by atoms with E-state index < -0.39 is 6.29 Å². The Morgan fingerprint density at radius 1 is 0.964 bits per heavy atom. The van der Waals surface area contributed by atoms with Crippen molar-refractivity contribution in [1.29, 1.82) is 0 Å². The quantitative estimate of drug-likeness (QED) is 0.459. The summed E-state index contributed by atoms with van der Waals surface area (Å²) >= 11 is 3.53. The molecule has 1 aliphatic rings. The maximum atomic E-state index is 14.6. The molecule has 1 aliphatic heterocycles. The van der Waals surface area contributed by atoms with Crippen molar-refractivity contribution >= 4 is 27.3 Å². The number of hydrogen-bond acceptors (Lipinski definition) is 3. The van der Waals surface area contributed by atoms with E-state index in [0.29, 0.717) is 34.5 Å². The maximum absolute atomic E-state index is 14.6.